The van der Waals surface area contributed by atoms with Crippen LogP contribution in [0.3, 0.4) is 0 Å². The monoisotopic (exact) mass is 282 g/mol. The van der Waals surface area contributed by atoms with E-state index in [1.807, 2.05) is 4.90 Å². The Morgan fingerprint density at radius 1 is 1.47 bits per heavy atom. The first-order chi connectivity index (χ1) is 9.17. The van der Waals surface area contributed by atoms with Gasteiger partial charge in [-0.15, -0.1) is 0 Å². The number of thioether (sulfide) groups is 1. The van der Waals surface area contributed by atoms with E-state index in [0.717, 1.165) is 38.1 Å². The normalized spacial score (nSPS) is 28.6. The standard InChI is InChI=1S/C15H26N2OS/c1-19-11-6-13(16)14(18)17-10-5-9-15(12-17)7-3-2-4-8-15/h2-3,13H,4-12,16H2,1H3. The average molecular weight is 282 g/mol. The second-order valence-electron chi connectivity index (χ2n) is 5.97. The number of nitrogens with zero attached hydrogens (tertiary/aromatic N) is 1. The number of hydrogen-bond acceptors (Lipinski definition) is 3. The zero-order chi connectivity index (χ0) is 13.7. The fourth-order valence-corrected chi connectivity index (χ4v) is 3.80. The zero-order valence-electron chi connectivity index (χ0n) is 11.9. The molecule has 4 heteroatoms. The summed E-state index contributed by atoms with van der Waals surface area (Å²) in [5, 5.41) is 0. The van der Waals surface area contributed by atoms with Gasteiger partial charge in [0.1, 0.15) is 0 Å². The van der Waals surface area contributed by atoms with Crippen LogP contribution >= 0.6 is 11.8 Å². The molecule has 0 aromatic rings. The maximum Gasteiger partial charge on any atom is 0.239 e. The smallest absolute Gasteiger partial charge is 0.239 e. The molecular weight excluding hydrogens is 256 g/mol. The van der Waals surface area contributed by atoms with Gasteiger partial charge in [-0.25, -0.2) is 0 Å². The highest BCUT2D eigenvalue weighted by molar-refractivity contribution is 7.98. The molecule has 0 aromatic heterocycles. The van der Waals surface area contributed by atoms with Gasteiger partial charge in [0.05, 0.1) is 6.04 Å². The number of likely N-dealkylation sites (tertiary alicyclic amines) is 1. The summed E-state index contributed by atoms with van der Waals surface area (Å²) in [7, 11) is 0. The maximum absolute atomic E-state index is 12.4. The molecule has 0 saturated carbocycles. The third-order valence-corrected chi connectivity index (χ3v) is 5.13. The van der Waals surface area contributed by atoms with Gasteiger partial charge in [-0.3, -0.25) is 4.79 Å². The number of carbonyl (C=O) groups is 1. The Hall–Kier alpha value is -0.480. The molecule has 1 aliphatic carbocycles. The Kier molecular flexibility index (Phi) is 5.34. The minimum Gasteiger partial charge on any atom is -0.341 e. The molecule has 2 aliphatic rings. The summed E-state index contributed by atoms with van der Waals surface area (Å²) in [6, 6.07) is -0.304. The van der Waals surface area contributed by atoms with Gasteiger partial charge >= 0.3 is 0 Å². The molecule has 2 N–H and O–H groups in total. The molecule has 2 unspecified atom stereocenters. The van der Waals surface area contributed by atoms with E-state index in [2.05, 4.69) is 18.4 Å². The van der Waals surface area contributed by atoms with Crippen molar-refractivity contribution in [2.45, 2.75) is 44.6 Å². The molecule has 3 nitrogen and oxygen atoms in total. The van der Waals surface area contributed by atoms with Crippen molar-refractivity contribution in [1.82, 2.24) is 4.90 Å². The zero-order valence-corrected chi connectivity index (χ0v) is 12.8. The average Bonchev–Trinajstić information content (AvgIpc) is 2.45. The number of allylic oxidation sites excluding steroid dienone is 2. The summed E-state index contributed by atoms with van der Waals surface area (Å²) in [4.78, 5) is 14.4. The molecule has 0 bridgehead atoms. The molecule has 1 aliphatic heterocycles. The summed E-state index contributed by atoms with van der Waals surface area (Å²) in [5.41, 5.74) is 6.38. The van der Waals surface area contributed by atoms with E-state index in [4.69, 9.17) is 5.73 Å². The molecule has 108 valence electrons. The van der Waals surface area contributed by atoms with Crippen LogP contribution in [0.2, 0.25) is 0 Å². The predicted molar refractivity (Wildman–Crippen MR) is 82.2 cm³/mol. The van der Waals surface area contributed by atoms with Crippen molar-refractivity contribution >= 4 is 17.7 Å². The highest BCUT2D eigenvalue weighted by Crippen LogP contribution is 2.40. The fraction of sp³-hybridized carbons (Fsp3) is 0.800. The van der Waals surface area contributed by atoms with Crippen molar-refractivity contribution in [2.24, 2.45) is 11.1 Å². The van der Waals surface area contributed by atoms with Gasteiger partial charge in [0.25, 0.3) is 0 Å². The van der Waals surface area contributed by atoms with Crippen molar-refractivity contribution in [3.8, 4) is 0 Å². The van der Waals surface area contributed by atoms with Crippen molar-refractivity contribution in [3.05, 3.63) is 12.2 Å². The Morgan fingerprint density at radius 2 is 2.32 bits per heavy atom. The lowest BCUT2D eigenvalue weighted by molar-refractivity contribution is -0.136. The molecule has 0 radical (unpaired) electrons. The Morgan fingerprint density at radius 3 is 3.00 bits per heavy atom. The molecular formula is C15H26N2OS. The lowest BCUT2D eigenvalue weighted by atomic mass is 9.71. The largest absolute Gasteiger partial charge is 0.341 e. The second-order valence-corrected chi connectivity index (χ2v) is 6.95. The van der Waals surface area contributed by atoms with E-state index >= 15 is 0 Å². The number of nitrogens with two attached hydrogens (primary N) is 1. The minimum atomic E-state index is -0.304. The van der Waals surface area contributed by atoms with E-state index in [1.54, 1.807) is 11.8 Å². The predicted octanol–water partition coefficient (Wildman–Crippen LogP) is 2.42. The van der Waals surface area contributed by atoms with E-state index < -0.39 is 0 Å². The summed E-state index contributed by atoms with van der Waals surface area (Å²) in [6.45, 7) is 1.82. The minimum absolute atomic E-state index is 0.169. The van der Waals surface area contributed by atoms with Crippen molar-refractivity contribution in [3.63, 3.8) is 0 Å². The van der Waals surface area contributed by atoms with E-state index in [9.17, 15) is 4.79 Å². The Bertz CT molecular complexity index is 345. The highest BCUT2D eigenvalue weighted by atomic mass is 32.2. The van der Waals surface area contributed by atoms with E-state index in [-0.39, 0.29) is 11.9 Å². The summed E-state index contributed by atoms with van der Waals surface area (Å²) < 4.78 is 0. The van der Waals surface area contributed by atoms with Gasteiger partial charge in [-0.2, -0.15) is 11.8 Å². The topological polar surface area (TPSA) is 46.3 Å². The van der Waals surface area contributed by atoms with Gasteiger partial charge in [-0.05, 0) is 55.9 Å². The summed E-state index contributed by atoms with van der Waals surface area (Å²) in [6.07, 6.45) is 13.4. The molecule has 2 atom stereocenters. The molecule has 19 heavy (non-hydrogen) atoms. The summed E-state index contributed by atoms with van der Waals surface area (Å²) in [5.74, 6) is 1.14. The Labute approximate surface area is 121 Å². The Balaban J connectivity index is 1.93. The van der Waals surface area contributed by atoms with Gasteiger partial charge in [0.2, 0.25) is 5.91 Å². The molecule has 2 rings (SSSR count). The van der Waals surface area contributed by atoms with Crippen LogP contribution in [0.1, 0.15) is 38.5 Å². The van der Waals surface area contributed by atoms with Crippen LogP contribution in [0.5, 0.6) is 0 Å². The van der Waals surface area contributed by atoms with Crippen molar-refractivity contribution in [2.75, 3.05) is 25.1 Å². The highest BCUT2D eigenvalue weighted by Gasteiger charge is 2.37. The molecule has 1 amide bonds. The van der Waals surface area contributed by atoms with Crippen LogP contribution in [0, 0.1) is 5.41 Å². The SMILES string of the molecule is CSCCC(N)C(=O)N1CCCC2(CC=CCC2)C1. The number of piperidine rings is 1. The third-order valence-electron chi connectivity index (χ3n) is 4.48. The van der Waals surface area contributed by atoms with Crippen LogP contribution in [0.25, 0.3) is 0 Å². The quantitative estimate of drug-likeness (QED) is 0.806. The van der Waals surface area contributed by atoms with Gasteiger partial charge in [0.15, 0.2) is 0 Å². The van der Waals surface area contributed by atoms with Crippen LogP contribution in [0.4, 0.5) is 0 Å². The van der Waals surface area contributed by atoms with Crippen LogP contribution < -0.4 is 5.73 Å². The van der Waals surface area contributed by atoms with Crippen molar-refractivity contribution in [1.29, 1.82) is 0 Å². The fourth-order valence-electron chi connectivity index (χ4n) is 3.31. The van der Waals surface area contributed by atoms with Crippen molar-refractivity contribution < 1.29 is 4.79 Å². The lowest BCUT2D eigenvalue weighted by Gasteiger charge is -2.44. The van der Waals surface area contributed by atoms with Crippen LogP contribution in [0.15, 0.2) is 12.2 Å². The van der Waals surface area contributed by atoms with Gasteiger partial charge in [0, 0.05) is 13.1 Å². The summed E-state index contributed by atoms with van der Waals surface area (Å²) >= 11 is 1.76. The number of carbonyl (C=O) groups excluding carboxylic acids is 1. The lowest BCUT2D eigenvalue weighted by Crippen LogP contribution is -2.51. The first-order valence-corrected chi connectivity index (χ1v) is 8.75. The number of rotatable bonds is 4. The molecule has 1 heterocycles. The van der Waals surface area contributed by atoms with Crippen LogP contribution in [-0.2, 0) is 4.79 Å². The third kappa shape index (κ3) is 3.76. The van der Waals surface area contributed by atoms with Gasteiger partial charge < -0.3 is 10.6 Å². The molecule has 1 fully saturated rings. The van der Waals surface area contributed by atoms with E-state index in [1.165, 1.54) is 19.3 Å². The van der Waals surface area contributed by atoms with E-state index in [0.29, 0.717) is 5.41 Å². The second kappa shape index (κ2) is 6.80. The van der Waals surface area contributed by atoms with Crippen LogP contribution in [-0.4, -0.2) is 41.9 Å². The first-order valence-electron chi connectivity index (χ1n) is 7.35. The van der Waals surface area contributed by atoms with Gasteiger partial charge in [-0.1, -0.05) is 12.2 Å². The number of hydrogen-bond donors (Lipinski definition) is 1. The molecule has 1 saturated heterocycles. The molecule has 1 spiro atoms. The first kappa shape index (κ1) is 14.9. The maximum atomic E-state index is 12.4. The molecule has 0 aromatic carbocycles. The number of amides is 1.